The van der Waals surface area contributed by atoms with Crippen molar-refractivity contribution in [3.63, 3.8) is 0 Å². The van der Waals surface area contributed by atoms with Gasteiger partial charge in [0.05, 0.1) is 12.7 Å². The molecule has 0 radical (unpaired) electrons. The fraction of sp³-hybridized carbons (Fsp3) is 0.462. The summed E-state index contributed by atoms with van der Waals surface area (Å²) in [5.41, 5.74) is 0.758. The minimum atomic E-state index is -0.703. The summed E-state index contributed by atoms with van der Waals surface area (Å²) in [6.45, 7) is 0.637. The molecule has 4 nitrogen and oxygen atoms in total. The van der Waals surface area contributed by atoms with Gasteiger partial charge in [-0.2, -0.15) is 0 Å². The van der Waals surface area contributed by atoms with Crippen LogP contribution < -0.4 is 5.32 Å². The highest BCUT2D eigenvalue weighted by Gasteiger charge is 2.16. The number of rotatable bonds is 7. The van der Waals surface area contributed by atoms with Crippen LogP contribution in [0.15, 0.2) is 30.3 Å². The van der Waals surface area contributed by atoms with Crippen LogP contribution >= 0.6 is 11.6 Å². The molecule has 0 aliphatic rings. The Labute approximate surface area is 112 Å². The second kappa shape index (κ2) is 8.08. The van der Waals surface area contributed by atoms with Gasteiger partial charge in [0, 0.05) is 13.7 Å². The van der Waals surface area contributed by atoms with Crippen molar-refractivity contribution in [1.82, 2.24) is 5.32 Å². The van der Waals surface area contributed by atoms with Crippen LogP contribution in [0.2, 0.25) is 0 Å². The molecule has 1 aromatic carbocycles. The Balaban J connectivity index is 2.33. The van der Waals surface area contributed by atoms with Gasteiger partial charge in [-0.05, 0) is 12.0 Å². The lowest BCUT2D eigenvalue weighted by molar-refractivity contribution is -0.120. The molecule has 100 valence electrons. The summed E-state index contributed by atoms with van der Waals surface area (Å²) >= 11 is 6.03. The predicted molar refractivity (Wildman–Crippen MR) is 70.5 cm³/mol. The highest BCUT2D eigenvalue weighted by molar-refractivity contribution is 6.30. The number of aliphatic hydroxyl groups is 1. The lowest BCUT2D eigenvalue weighted by Gasteiger charge is -2.13. The Kier molecular flexibility index (Phi) is 6.72. The number of carbonyl (C=O) groups excluding carboxylic acids is 1. The highest BCUT2D eigenvalue weighted by Crippen LogP contribution is 2.19. The van der Waals surface area contributed by atoms with E-state index in [0.29, 0.717) is 13.0 Å². The van der Waals surface area contributed by atoms with Crippen molar-refractivity contribution >= 4 is 17.5 Å². The summed E-state index contributed by atoms with van der Waals surface area (Å²) in [7, 11) is 1.52. The number of methoxy groups -OCH3 is 1. The van der Waals surface area contributed by atoms with Crippen LogP contribution in [0.4, 0.5) is 0 Å². The van der Waals surface area contributed by atoms with E-state index in [2.05, 4.69) is 5.32 Å². The van der Waals surface area contributed by atoms with Crippen molar-refractivity contribution < 1.29 is 14.6 Å². The molecule has 2 atom stereocenters. The number of hydrogen-bond acceptors (Lipinski definition) is 3. The molecule has 18 heavy (non-hydrogen) atoms. The van der Waals surface area contributed by atoms with E-state index in [1.54, 1.807) is 12.1 Å². The molecule has 0 bridgehead atoms. The molecular weight excluding hydrogens is 254 g/mol. The zero-order valence-electron chi connectivity index (χ0n) is 10.3. The van der Waals surface area contributed by atoms with Gasteiger partial charge in [0.2, 0.25) is 5.91 Å². The van der Waals surface area contributed by atoms with E-state index in [9.17, 15) is 9.90 Å². The average Bonchev–Trinajstić information content (AvgIpc) is 2.39. The molecule has 0 aliphatic carbocycles. The van der Waals surface area contributed by atoms with E-state index in [4.69, 9.17) is 16.3 Å². The SMILES string of the molecule is COCC(O)CCNC(=O)C(Cl)c1ccccc1. The maximum atomic E-state index is 11.7. The Morgan fingerprint density at radius 3 is 2.72 bits per heavy atom. The first-order valence-corrected chi connectivity index (χ1v) is 6.22. The van der Waals surface area contributed by atoms with Gasteiger partial charge in [0.1, 0.15) is 5.38 Å². The Bertz CT molecular complexity index is 359. The van der Waals surface area contributed by atoms with Crippen LogP contribution in [0, 0.1) is 0 Å². The van der Waals surface area contributed by atoms with Crippen LogP contribution in [-0.2, 0) is 9.53 Å². The highest BCUT2D eigenvalue weighted by atomic mass is 35.5. The zero-order valence-corrected chi connectivity index (χ0v) is 11.1. The lowest BCUT2D eigenvalue weighted by atomic mass is 10.1. The summed E-state index contributed by atoms with van der Waals surface area (Å²) in [5, 5.41) is 11.4. The van der Waals surface area contributed by atoms with E-state index >= 15 is 0 Å². The van der Waals surface area contributed by atoms with Crippen molar-refractivity contribution in [3.05, 3.63) is 35.9 Å². The van der Waals surface area contributed by atoms with E-state index in [1.165, 1.54) is 7.11 Å². The lowest BCUT2D eigenvalue weighted by Crippen LogP contribution is -2.30. The molecule has 1 aromatic rings. The molecule has 0 saturated heterocycles. The standard InChI is InChI=1S/C13H18ClNO3/c1-18-9-11(16)7-8-15-13(17)12(14)10-5-3-2-4-6-10/h2-6,11-12,16H,7-9H2,1H3,(H,15,17). The number of ether oxygens (including phenoxy) is 1. The minimum absolute atomic E-state index is 0.257. The molecule has 2 unspecified atom stereocenters. The van der Waals surface area contributed by atoms with E-state index in [1.807, 2.05) is 18.2 Å². The Hall–Kier alpha value is -1.10. The predicted octanol–water partition coefficient (Wildman–Crippen LogP) is 1.48. The zero-order chi connectivity index (χ0) is 13.4. The third kappa shape index (κ3) is 5.04. The van der Waals surface area contributed by atoms with Crippen molar-refractivity contribution in [2.75, 3.05) is 20.3 Å². The van der Waals surface area contributed by atoms with Crippen LogP contribution in [0.3, 0.4) is 0 Å². The topological polar surface area (TPSA) is 58.6 Å². The second-order valence-corrected chi connectivity index (χ2v) is 4.40. The number of benzene rings is 1. The average molecular weight is 272 g/mol. The summed E-state index contributed by atoms with van der Waals surface area (Å²) in [5.74, 6) is -0.257. The van der Waals surface area contributed by atoms with Crippen molar-refractivity contribution in [1.29, 1.82) is 0 Å². The van der Waals surface area contributed by atoms with E-state index in [0.717, 1.165) is 5.56 Å². The number of nitrogens with one attached hydrogen (secondary N) is 1. The molecule has 1 rings (SSSR count). The van der Waals surface area contributed by atoms with Gasteiger partial charge in [0.25, 0.3) is 0 Å². The number of aliphatic hydroxyl groups excluding tert-OH is 1. The van der Waals surface area contributed by atoms with Crippen molar-refractivity contribution in [2.24, 2.45) is 0 Å². The first-order chi connectivity index (χ1) is 8.65. The largest absolute Gasteiger partial charge is 0.391 e. The first-order valence-electron chi connectivity index (χ1n) is 5.79. The molecule has 0 heterocycles. The first kappa shape index (κ1) is 15.0. The summed E-state index contributed by atoms with van der Waals surface area (Å²) < 4.78 is 4.79. The maximum absolute atomic E-state index is 11.7. The Morgan fingerprint density at radius 1 is 1.44 bits per heavy atom. The van der Waals surface area contributed by atoms with Crippen LogP contribution in [-0.4, -0.2) is 37.4 Å². The molecule has 0 saturated carbocycles. The molecule has 0 aromatic heterocycles. The molecule has 5 heteroatoms. The second-order valence-electron chi connectivity index (χ2n) is 3.96. The van der Waals surface area contributed by atoms with Crippen LogP contribution in [0.25, 0.3) is 0 Å². The van der Waals surface area contributed by atoms with Gasteiger partial charge in [-0.15, -0.1) is 11.6 Å². The molecule has 0 aliphatic heterocycles. The Morgan fingerprint density at radius 2 is 2.11 bits per heavy atom. The van der Waals surface area contributed by atoms with Gasteiger partial charge in [0.15, 0.2) is 0 Å². The van der Waals surface area contributed by atoms with E-state index < -0.39 is 11.5 Å². The maximum Gasteiger partial charge on any atom is 0.242 e. The molecule has 2 N–H and O–H groups in total. The van der Waals surface area contributed by atoms with Crippen molar-refractivity contribution in [2.45, 2.75) is 17.9 Å². The fourth-order valence-electron chi connectivity index (χ4n) is 1.50. The van der Waals surface area contributed by atoms with Gasteiger partial charge < -0.3 is 15.2 Å². The molecule has 0 fully saturated rings. The van der Waals surface area contributed by atoms with Gasteiger partial charge >= 0.3 is 0 Å². The number of hydrogen-bond donors (Lipinski definition) is 2. The number of amides is 1. The smallest absolute Gasteiger partial charge is 0.242 e. The summed E-state index contributed by atoms with van der Waals surface area (Å²) in [4.78, 5) is 11.7. The monoisotopic (exact) mass is 271 g/mol. The fourth-order valence-corrected chi connectivity index (χ4v) is 1.72. The number of alkyl halides is 1. The minimum Gasteiger partial charge on any atom is -0.391 e. The molecular formula is C13H18ClNO3. The number of carbonyl (C=O) groups is 1. The van der Waals surface area contributed by atoms with Crippen LogP contribution in [0.1, 0.15) is 17.4 Å². The summed E-state index contributed by atoms with van der Waals surface area (Å²) in [6.07, 6.45) is -0.126. The van der Waals surface area contributed by atoms with E-state index in [-0.39, 0.29) is 12.5 Å². The number of halogens is 1. The third-order valence-electron chi connectivity index (χ3n) is 2.46. The van der Waals surface area contributed by atoms with Crippen molar-refractivity contribution in [3.8, 4) is 0 Å². The normalized spacial score (nSPS) is 13.9. The third-order valence-corrected chi connectivity index (χ3v) is 2.91. The molecule has 0 spiro atoms. The van der Waals surface area contributed by atoms with Gasteiger partial charge in [-0.3, -0.25) is 4.79 Å². The van der Waals surface area contributed by atoms with Crippen LogP contribution in [0.5, 0.6) is 0 Å². The summed E-state index contributed by atoms with van der Waals surface area (Å²) in [6, 6.07) is 9.14. The van der Waals surface area contributed by atoms with Gasteiger partial charge in [-0.1, -0.05) is 30.3 Å². The quantitative estimate of drug-likeness (QED) is 0.739. The molecule has 1 amide bonds. The van der Waals surface area contributed by atoms with Gasteiger partial charge in [-0.25, -0.2) is 0 Å².